The highest BCUT2D eigenvalue weighted by Gasteiger charge is 2.19. The van der Waals surface area contributed by atoms with Gasteiger partial charge in [-0.3, -0.25) is 4.55 Å². The van der Waals surface area contributed by atoms with Crippen molar-refractivity contribution in [3.63, 3.8) is 0 Å². The summed E-state index contributed by atoms with van der Waals surface area (Å²) in [4.78, 5) is -0.582. The summed E-state index contributed by atoms with van der Waals surface area (Å²) in [5.74, 6) is 0. The topological polar surface area (TPSA) is 54.4 Å². The third kappa shape index (κ3) is 1.70. The molecule has 1 aromatic heterocycles. The van der Waals surface area contributed by atoms with Crippen molar-refractivity contribution in [2.75, 3.05) is 0 Å². The minimum atomic E-state index is -4.37. The van der Waals surface area contributed by atoms with Gasteiger partial charge in [0.2, 0.25) is 0 Å². The first-order valence-electron chi connectivity index (χ1n) is 2.33. The maximum atomic E-state index is 12.4. The van der Waals surface area contributed by atoms with Crippen molar-refractivity contribution in [2.24, 2.45) is 0 Å². The molecule has 0 aliphatic heterocycles. The van der Waals surface area contributed by atoms with Crippen LogP contribution in [0.1, 0.15) is 0 Å². The van der Waals surface area contributed by atoms with Gasteiger partial charge in [0.1, 0.15) is 9.92 Å². The highest BCUT2D eigenvalue weighted by atomic mass is 35.5. The molecule has 0 radical (unpaired) electrons. The molecule has 0 amide bonds. The Morgan fingerprint density at radius 2 is 2.18 bits per heavy atom. The van der Waals surface area contributed by atoms with Crippen molar-refractivity contribution in [1.29, 1.82) is 0 Å². The Labute approximate surface area is 71.2 Å². The first-order chi connectivity index (χ1) is 4.93. The standard InChI is InChI=1S/C4H2ClFO3S2/c5-3-2(11(7,8)9)1-10-4(3)6/h1H,(H,7,8,9). The summed E-state index contributed by atoms with van der Waals surface area (Å²) < 4.78 is 41.5. The monoisotopic (exact) mass is 216 g/mol. The van der Waals surface area contributed by atoms with Crippen molar-refractivity contribution in [1.82, 2.24) is 0 Å². The molecule has 1 heterocycles. The minimum absolute atomic E-state index is 0.520. The van der Waals surface area contributed by atoms with E-state index in [1.165, 1.54) is 0 Å². The molecule has 1 rings (SSSR count). The second-order valence-corrected chi connectivity index (χ2v) is 4.26. The van der Waals surface area contributed by atoms with Crippen molar-refractivity contribution in [3.8, 4) is 0 Å². The smallest absolute Gasteiger partial charge is 0.282 e. The van der Waals surface area contributed by atoms with Crippen LogP contribution in [0.4, 0.5) is 4.39 Å². The number of halogens is 2. The zero-order valence-corrected chi connectivity index (χ0v) is 7.30. The lowest BCUT2D eigenvalue weighted by Gasteiger charge is -1.89. The lowest BCUT2D eigenvalue weighted by molar-refractivity contribution is 0.483. The van der Waals surface area contributed by atoms with Crippen molar-refractivity contribution in [3.05, 3.63) is 15.5 Å². The molecule has 0 aliphatic rings. The zero-order chi connectivity index (χ0) is 8.65. The van der Waals surface area contributed by atoms with Crippen molar-refractivity contribution >= 4 is 33.1 Å². The first kappa shape index (κ1) is 8.92. The average molecular weight is 217 g/mol. The predicted molar refractivity (Wildman–Crippen MR) is 39.1 cm³/mol. The van der Waals surface area contributed by atoms with Crippen LogP contribution in [0.15, 0.2) is 10.3 Å². The molecule has 62 valence electrons. The minimum Gasteiger partial charge on any atom is -0.282 e. The highest BCUT2D eigenvalue weighted by molar-refractivity contribution is 7.86. The average Bonchev–Trinajstić information content (AvgIpc) is 2.11. The Morgan fingerprint density at radius 3 is 2.36 bits per heavy atom. The van der Waals surface area contributed by atoms with Crippen molar-refractivity contribution < 1.29 is 17.4 Å². The number of hydrogen-bond donors (Lipinski definition) is 1. The largest absolute Gasteiger partial charge is 0.296 e. The number of thiophene rings is 1. The maximum absolute atomic E-state index is 12.4. The Balaban J connectivity index is 3.38. The molecule has 3 nitrogen and oxygen atoms in total. The fourth-order valence-electron chi connectivity index (χ4n) is 0.480. The molecule has 0 atom stereocenters. The molecule has 0 spiro atoms. The van der Waals surface area contributed by atoms with Crippen LogP contribution in [0, 0.1) is 5.13 Å². The molecule has 11 heavy (non-hydrogen) atoms. The van der Waals surface area contributed by atoms with Gasteiger partial charge < -0.3 is 0 Å². The quantitative estimate of drug-likeness (QED) is 0.729. The van der Waals surface area contributed by atoms with Gasteiger partial charge in [-0.15, -0.1) is 11.3 Å². The van der Waals surface area contributed by atoms with E-state index in [0.29, 0.717) is 11.3 Å². The normalized spacial score (nSPS) is 11.9. The SMILES string of the molecule is O=S(=O)(O)c1csc(F)c1Cl. The van der Waals surface area contributed by atoms with E-state index in [4.69, 9.17) is 16.2 Å². The molecule has 1 aromatic rings. The number of rotatable bonds is 1. The van der Waals surface area contributed by atoms with Crippen LogP contribution < -0.4 is 0 Å². The Hall–Kier alpha value is -0.170. The molecular weight excluding hydrogens is 215 g/mol. The van der Waals surface area contributed by atoms with E-state index in [1.807, 2.05) is 0 Å². The fraction of sp³-hybridized carbons (Fsp3) is 0. The Kier molecular flexibility index (Phi) is 2.19. The van der Waals surface area contributed by atoms with Crippen LogP contribution in [-0.4, -0.2) is 13.0 Å². The predicted octanol–water partition coefficient (Wildman–Crippen LogP) is 1.79. The molecule has 7 heteroatoms. The summed E-state index contributed by atoms with van der Waals surface area (Å²) in [6.45, 7) is 0. The molecule has 0 aliphatic carbocycles. The van der Waals surface area contributed by atoms with Gasteiger partial charge in [0.25, 0.3) is 10.1 Å². The van der Waals surface area contributed by atoms with E-state index in [-0.39, 0.29) is 0 Å². The second kappa shape index (κ2) is 2.71. The van der Waals surface area contributed by atoms with Crippen molar-refractivity contribution in [2.45, 2.75) is 4.90 Å². The van der Waals surface area contributed by atoms with Gasteiger partial charge in [0.15, 0.2) is 5.13 Å². The molecule has 0 bridgehead atoms. The zero-order valence-electron chi connectivity index (χ0n) is 4.91. The summed E-state index contributed by atoms with van der Waals surface area (Å²) >= 11 is 5.71. The van der Waals surface area contributed by atoms with Crippen LogP contribution in [0.2, 0.25) is 5.02 Å². The molecule has 0 aromatic carbocycles. The van der Waals surface area contributed by atoms with Crippen LogP contribution in [0.5, 0.6) is 0 Å². The molecule has 0 saturated heterocycles. The molecule has 1 N–H and O–H groups in total. The van der Waals surface area contributed by atoms with Gasteiger partial charge in [-0.05, 0) is 0 Å². The highest BCUT2D eigenvalue weighted by Crippen LogP contribution is 2.29. The molecule has 0 unspecified atom stereocenters. The third-order valence-electron chi connectivity index (χ3n) is 0.936. The van der Waals surface area contributed by atoms with E-state index < -0.39 is 25.2 Å². The summed E-state index contributed by atoms with van der Waals surface area (Å²) in [6.07, 6.45) is 0. The van der Waals surface area contributed by atoms with Gasteiger partial charge in [0, 0.05) is 5.38 Å². The third-order valence-corrected chi connectivity index (χ3v) is 3.32. The molecule has 0 fully saturated rings. The fourth-order valence-corrected chi connectivity index (χ4v) is 2.58. The van der Waals surface area contributed by atoms with E-state index in [2.05, 4.69) is 0 Å². The van der Waals surface area contributed by atoms with Crippen LogP contribution in [-0.2, 0) is 10.1 Å². The van der Waals surface area contributed by atoms with E-state index >= 15 is 0 Å². The van der Waals surface area contributed by atoms with Gasteiger partial charge in [-0.25, -0.2) is 0 Å². The van der Waals surface area contributed by atoms with Gasteiger partial charge in [-0.1, -0.05) is 11.6 Å². The van der Waals surface area contributed by atoms with Gasteiger partial charge in [-0.2, -0.15) is 12.8 Å². The van der Waals surface area contributed by atoms with Crippen LogP contribution >= 0.6 is 22.9 Å². The summed E-state index contributed by atoms with van der Waals surface area (Å²) in [6, 6.07) is 0. The molecule has 0 saturated carbocycles. The summed E-state index contributed by atoms with van der Waals surface area (Å²) in [7, 11) is -4.37. The lowest BCUT2D eigenvalue weighted by atomic mass is 10.6. The number of hydrogen-bond acceptors (Lipinski definition) is 3. The second-order valence-electron chi connectivity index (χ2n) is 1.66. The Morgan fingerprint density at radius 1 is 1.64 bits per heavy atom. The van der Waals surface area contributed by atoms with Gasteiger partial charge >= 0.3 is 0 Å². The van der Waals surface area contributed by atoms with Gasteiger partial charge in [0.05, 0.1) is 0 Å². The first-order valence-corrected chi connectivity index (χ1v) is 5.02. The Bertz CT molecular complexity index is 369. The van der Waals surface area contributed by atoms with Crippen LogP contribution in [0.25, 0.3) is 0 Å². The van der Waals surface area contributed by atoms with E-state index in [1.54, 1.807) is 0 Å². The lowest BCUT2D eigenvalue weighted by Crippen LogP contribution is -1.96. The summed E-state index contributed by atoms with van der Waals surface area (Å²) in [5, 5.41) is -0.440. The molecular formula is C4H2ClFO3S2. The van der Waals surface area contributed by atoms with E-state index in [0.717, 1.165) is 5.38 Å². The maximum Gasteiger partial charge on any atom is 0.296 e. The van der Waals surface area contributed by atoms with E-state index in [9.17, 15) is 12.8 Å². The summed E-state index contributed by atoms with van der Waals surface area (Å²) in [5.41, 5.74) is 0. The van der Waals surface area contributed by atoms with Crippen LogP contribution in [0.3, 0.4) is 0 Å².